The minimum Gasteiger partial charge on any atom is -0.492 e. The van der Waals surface area contributed by atoms with Crippen LogP contribution in [0.3, 0.4) is 0 Å². The largest absolute Gasteiger partial charge is 0.492 e. The van der Waals surface area contributed by atoms with Gasteiger partial charge in [-0.25, -0.2) is 4.52 Å². The molecule has 4 nitrogen and oxygen atoms in total. The first-order valence-corrected chi connectivity index (χ1v) is 3.84. The van der Waals surface area contributed by atoms with Crippen molar-refractivity contribution in [1.82, 2.24) is 14.6 Å². The first kappa shape index (κ1) is 7.09. The van der Waals surface area contributed by atoms with Crippen molar-refractivity contribution >= 4 is 5.65 Å². The highest BCUT2D eigenvalue weighted by Gasteiger charge is 1.99. The Kier molecular flexibility index (Phi) is 1.46. The molecule has 4 heteroatoms. The lowest BCUT2D eigenvalue weighted by atomic mass is 10.3. The number of hydrogen-bond acceptors (Lipinski definition) is 3. The summed E-state index contributed by atoms with van der Waals surface area (Å²) in [6.07, 6.45) is 2.38. The molecule has 62 valence electrons. The Morgan fingerprint density at radius 2 is 2.33 bits per heavy atom. The van der Waals surface area contributed by atoms with Gasteiger partial charge in [-0.3, -0.25) is 0 Å². The molecule has 0 aliphatic carbocycles. The summed E-state index contributed by atoms with van der Waals surface area (Å²) in [7, 11) is 0. The number of aromatic nitrogens is 3. The van der Waals surface area contributed by atoms with E-state index in [1.807, 2.05) is 19.1 Å². The molecular formula is C8H9N3O. The summed E-state index contributed by atoms with van der Waals surface area (Å²) in [5.41, 5.74) is 1.66. The van der Waals surface area contributed by atoms with E-state index in [2.05, 4.69) is 10.1 Å². The summed E-state index contributed by atoms with van der Waals surface area (Å²) in [6.45, 7) is 2.03. The van der Waals surface area contributed by atoms with Gasteiger partial charge in [-0.15, -0.1) is 0 Å². The average molecular weight is 163 g/mol. The molecule has 0 fully saturated rings. The van der Waals surface area contributed by atoms with Gasteiger partial charge in [0.1, 0.15) is 0 Å². The van der Waals surface area contributed by atoms with E-state index in [1.54, 1.807) is 4.52 Å². The monoisotopic (exact) mass is 163 g/mol. The molecule has 0 amide bonds. The molecule has 0 aromatic carbocycles. The van der Waals surface area contributed by atoms with Crippen molar-refractivity contribution in [3.05, 3.63) is 24.0 Å². The molecule has 0 atom stereocenters. The Morgan fingerprint density at radius 3 is 3.08 bits per heavy atom. The molecule has 0 aliphatic rings. The van der Waals surface area contributed by atoms with Gasteiger partial charge < -0.3 is 5.11 Å². The van der Waals surface area contributed by atoms with E-state index < -0.39 is 0 Å². The summed E-state index contributed by atoms with van der Waals surface area (Å²) in [4.78, 5) is 3.84. The maximum Gasteiger partial charge on any atom is 0.231 e. The van der Waals surface area contributed by atoms with Crippen molar-refractivity contribution in [3.8, 4) is 5.88 Å². The summed E-state index contributed by atoms with van der Waals surface area (Å²) in [6, 6.07) is 3.74. The lowest BCUT2D eigenvalue weighted by molar-refractivity contribution is 0.457. The van der Waals surface area contributed by atoms with Gasteiger partial charge in [-0.1, -0.05) is 6.92 Å². The molecule has 0 radical (unpaired) electrons. The minimum atomic E-state index is 0.00996. The Balaban J connectivity index is 2.66. The number of rotatable bonds is 1. The van der Waals surface area contributed by atoms with Crippen molar-refractivity contribution < 1.29 is 5.11 Å². The van der Waals surface area contributed by atoms with E-state index in [4.69, 9.17) is 5.11 Å². The van der Waals surface area contributed by atoms with Crippen LogP contribution in [0.15, 0.2) is 18.3 Å². The van der Waals surface area contributed by atoms with Crippen molar-refractivity contribution in [2.24, 2.45) is 0 Å². The third-order valence-electron chi connectivity index (χ3n) is 1.72. The summed E-state index contributed by atoms with van der Waals surface area (Å²) in [5.74, 6) is 0.00996. The smallest absolute Gasteiger partial charge is 0.231 e. The summed E-state index contributed by atoms with van der Waals surface area (Å²) in [5, 5.41) is 13.3. The van der Waals surface area contributed by atoms with Gasteiger partial charge in [0, 0.05) is 0 Å². The van der Waals surface area contributed by atoms with Crippen molar-refractivity contribution in [2.45, 2.75) is 13.3 Å². The number of hydrogen-bond donors (Lipinski definition) is 1. The predicted octanol–water partition coefficient (Wildman–Crippen LogP) is 0.997. The van der Waals surface area contributed by atoms with Crippen LogP contribution < -0.4 is 0 Å². The molecule has 2 heterocycles. The molecule has 1 N–H and O–H groups in total. The molecule has 12 heavy (non-hydrogen) atoms. The molecule has 0 aliphatic heterocycles. The normalized spacial score (nSPS) is 10.8. The van der Waals surface area contributed by atoms with Gasteiger partial charge in [0.15, 0.2) is 5.65 Å². The lowest BCUT2D eigenvalue weighted by Crippen LogP contribution is -1.94. The average Bonchev–Trinajstić information content (AvgIpc) is 2.43. The molecular weight excluding hydrogens is 154 g/mol. The van der Waals surface area contributed by atoms with Gasteiger partial charge in [-0.2, -0.15) is 10.1 Å². The third kappa shape index (κ3) is 1.01. The Hall–Kier alpha value is -1.58. The van der Waals surface area contributed by atoms with Gasteiger partial charge in [0.05, 0.1) is 11.9 Å². The second-order valence-electron chi connectivity index (χ2n) is 2.58. The first-order chi connectivity index (χ1) is 5.79. The van der Waals surface area contributed by atoms with Gasteiger partial charge >= 0.3 is 0 Å². The molecule has 0 spiro atoms. The molecule has 2 rings (SSSR count). The molecule has 0 saturated heterocycles. The zero-order valence-corrected chi connectivity index (χ0v) is 6.73. The van der Waals surface area contributed by atoms with Crippen LogP contribution in [-0.2, 0) is 6.42 Å². The highest BCUT2D eigenvalue weighted by atomic mass is 16.3. The van der Waals surface area contributed by atoms with Crippen LogP contribution in [0.25, 0.3) is 5.65 Å². The quantitative estimate of drug-likeness (QED) is 0.682. The summed E-state index contributed by atoms with van der Waals surface area (Å²) >= 11 is 0. The third-order valence-corrected chi connectivity index (χ3v) is 1.72. The molecule has 2 aromatic rings. The van der Waals surface area contributed by atoms with Crippen molar-refractivity contribution in [3.63, 3.8) is 0 Å². The van der Waals surface area contributed by atoms with Gasteiger partial charge in [-0.05, 0) is 18.6 Å². The SMILES string of the molecule is CCc1ccc2nc(O)cn2n1. The molecule has 2 aromatic heterocycles. The standard InChI is InChI=1S/C8H9N3O/c1-2-6-3-4-7-9-8(12)5-11(7)10-6/h3-5,12H,2H2,1H3. The molecule has 0 unspecified atom stereocenters. The second-order valence-corrected chi connectivity index (χ2v) is 2.58. The Bertz CT molecular complexity index is 408. The van der Waals surface area contributed by atoms with Crippen molar-refractivity contribution in [2.75, 3.05) is 0 Å². The van der Waals surface area contributed by atoms with Crippen LogP contribution >= 0.6 is 0 Å². The minimum absolute atomic E-state index is 0.00996. The maximum absolute atomic E-state index is 9.05. The predicted molar refractivity (Wildman–Crippen MR) is 44.0 cm³/mol. The highest BCUT2D eigenvalue weighted by Crippen LogP contribution is 2.08. The number of nitrogens with zero attached hydrogens (tertiary/aromatic N) is 3. The van der Waals surface area contributed by atoms with Crippen molar-refractivity contribution in [1.29, 1.82) is 0 Å². The summed E-state index contributed by atoms with van der Waals surface area (Å²) < 4.78 is 1.58. The Labute approximate surface area is 69.5 Å². The van der Waals surface area contributed by atoms with E-state index in [9.17, 15) is 0 Å². The van der Waals surface area contributed by atoms with Crippen LogP contribution in [0.4, 0.5) is 0 Å². The molecule has 0 bridgehead atoms. The van der Waals surface area contributed by atoms with Crippen LogP contribution in [0.1, 0.15) is 12.6 Å². The topological polar surface area (TPSA) is 50.4 Å². The second kappa shape index (κ2) is 2.48. The highest BCUT2D eigenvalue weighted by molar-refractivity contribution is 5.39. The van der Waals surface area contributed by atoms with Gasteiger partial charge in [0.2, 0.25) is 5.88 Å². The zero-order valence-electron chi connectivity index (χ0n) is 6.73. The van der Waals surface area contributed by atoms with E-state index in [0.29, 0.717) is 5.65 Å². The fourth-order valence-corrected chi connectivity index (χ4v) is 1.10. The Morgan fingerprint density at radius 1 is 1.50 bits per heavy atom. The number of aryl methyl sites for hydroxylation is 1. The van der Waals surface area contributed by atoms with E-state index in [-0.39, 0.29) is 5.88 Å². The van der Waals surface area contributed by atoms with E-state index in [1.165, 1.54) is 6.20 Å². The first-order valence-electron chi connectivity index (χ1n) is 3.84. The molecule has 0 saturated carbocycles. The van der Waals surface area contributed by atoms with Crippen LogP contribution in [0, 0.1) is 0 Å². The van der Waals surface area contributed by atoms with Crippen LogP contribution in [0.5, 0.6) is 5.88 Å². The maximum atomic E-state index is 9.05. The zero-order chi connectivity index (χ0) is 8.55. The fraction of sp³-hybridized carbons (Fsp3) is 0.250. The number of aromatic hydroxyl groups is 1. The van der Waals surface area contributed by atoms with Crippen LogP contribution in [-0.4, -0.2) is 19.7 Å². The van der Waals surface area contributed by atoms with Gasteiger partial charge in [0.25, 0.3) is 0 Å². The van der Waals surface area contributed by atoms with Crippen LogP contribution in [0.2, 0.25) is 0 Å². The number of fused-ring (bicyclic) bond motifs is 1. The van der Waals surface area contributed by atoms with E-state index in [0.717, 1.165) is 12.1 Å². The van der Waals surface area contributed by atoms with E-state index >= 15 is 0 Å². The fourth-order valence-electron chi connectivity index (χ4n) is 1.10. The lowest BCUT2D eigenvalue weighted by Gasteiger charge is -1.94. The number of imidazole rings is 1.